The van der Waals surface area contributed by atoms with Gasteiger partial charge in [-0.25, -0.2) is 0 Å². The maximum Gasteiger partial charge on any atom is 0.113 e. The fourth-order valence-corrected chi connectivity index (χ4v) is 3.76. The molecule has 0 aromatic heterocycles. The first-order valence-corrected chi connectivity index (χ1v) is 8.73. The normalized spacial score (nSPS) is 25.8. The third-order valence-corrected chi connectivity index (χ3v) is 5.10. The van der Waals surface area contributed by atoms with Gasteiger partial charge in [-0.3, -0.25) is 0 Å². The molecule has 0 amide bonds. The van der Waals surface area contributed by atoms with E-state index in [1.807, 2.05) is 49.4 Å². The van der Waals surface area contributed by atoms with Crippen molar-refractivity contribution in [2.24, 2.45) is 17.8 Å². The van der Waals surface area contributed by atoms with E-state index in [2.05, 4.69) is 18.3 Å². The molecule has 0 bridgehead atoms. The number of hydrogen-bond donors (Lipinski definition) is 2. The Morgan fingerprint density at radius 3 is 2.80 bits per heavy atom. The first-order chi connectivity index (χ1) is 12.2. The fourth-order valence-electron chi connectivity index (χ4n) is 3.76. The average Bonchev–Trinajstić information content (AvgIpc) is 3.06. The van der Waals surface area contributed by atoms with Gasteiger partial charge in [-0.15, -0.1) is 0 Å². The Kier molecular flexibility index (Phi) is 5.25. The van der Waals surface area contributed by atoms with Crippen molar-refractivity contribution in [2.75, 3.05) is 13.2 Å². The van der Waals surface area contributed by atoms with Crippen LogP contribution in [0.5, 0.6) is 0 Å². The highest BCUT2D eigenvalue weighted by Crippen LogP contribution is 2.44. The smallest absolute Gasteiger partial charge is 0.113 e. The average molecular weight is 336 g/mol. The van der Waals surface area contributed by atoms with E-state index < -0.39 is 0 Å². The molecule has 1 aliphatic heterocycles. The summed E-state index contributed by atoms with van der Waals surface area (Å²) in [5.74, 6) is 0.946. The monoisotopic (exact) mass is 336 g/mol. The first-order valence-electron chi connectivity index (χ1n) is 8.73. The lowest BCUT2D eigenvalue weighted by Gasteiger charge is -2.33. The molecule has 1 unspecified atom stereocenters. The van der Waals surface area contributed by atoms with Crippen molar-refractivity contribution in [3.05, 3.63) is 70.6 Å². The molecule has 1 aromatic carbocycles. The highest BCUT2D eigenvalue weighted by atomic mass is 16.5. The number of ether oxygens (including phenoxy) is 1. The van der Waals surface area contributed by atoms with E-state index in [-0.39, 0.29) is 24.4 Å². The Morgan fingerprint density at radius 1 is 1.40 bits per heavy atom. The Bertz CT molecular complexity index is 756. The third kappa shape index (κ3) is 3.33. The minimum Gasteiger partial charge on any atom is -0.493 e. The van der Waals surface area contributed by atoms with Gasteiger partial charge < -0.3 is 15.2 Å². The minimum atomic E-state index is -0.0482. The van der Waals surface area contributed by atoms with Crippen molar-refractivity contribution < 1.29 is 9.84 Å². The highest BCUT2D eigenvalue weighted by molar-refractivity contribution is 5.46. The fraction of sp³-hybridized carbons (Fsp3) is 0.381. The molecule has 0 saturated heterocycles. The van der Waals surface area contributed by atoms with Crippen LogP contribution in [0.15, 0.2) is 65.1 Å². The summed E-state index contributed by atoms with van der Waals surface area (Å²) >= 11 is 0. The van der Waals surface area contributed by atoms with Crippen LogP contribution in [-0.4, -0.2) is 18.3 Å². The highest BCUT2D eigenvalue weighted by Gasteiger charge is 2.40. The zero-order valence-corrected chi connectivity index (χ0v) is 14.7. The van der Waals surface area contributed by atoms with E-state index >= 15 is 0 Å². The van der Waals surface area contributed by atoms with Gasteiger partial charge in [0.2, 0.25) is 0 Å². The van der Waals surface area contributed by atoms with Crippen LogP contribution >= 0.6 is 0 Å². The number of allylic oxidation sites excluding steroid dienone is 4. The number of rotatable bonds is 5. The molecule has 4 heteroatoms. The molecule has 3 rings (SSSR count). The molecule has 1 aromatic rings. The summed E-state index contributed by atoms with van der Waals surface area (Å²) in [6, 6.07) is 12.4. The third-order valence-electron chi connectivity index (χ3n) is 5.10. The van der Waals surface area contributed by atoms with Crippen molar-refractivity contribution in [2.45, 2.75) is 20.5 Å². The van der Waals surface area contributed by atoms with Crippen LogP contribution in [0.4, 0.5) is 0 Å². The Labute approximate surface area is 149 Å². The number of nitrogens with zero attached hydrogens (tertiary/aromatic N) is 1. The molecule has 3 atom stereocenters. The molecule has 1 aliphatic carbocycles. The van der Waals surface area contributed by atoms with Crippen molar-refractivity contribution in [1.82, 2.24) is 5.32 Å². The van der Waals surface area contributed by atoms with Crippen molar-refractivity contribution in [3.63, 3.8) is 0 Å². The lowest BCUT2D eigenvalue weighted by atomic mass is 9.73. The summed E-state index contributed by atoms with van der Waals surface area (Å²) in [4.78, 5) is 0. The van der Waals surface area contributed by atoms with Gasteiger partial charge in [-0.05, 0) is 24.1 Å². The zero-order valence-electron chi connectivity index (χ0n) is 14.7. The quantitative estimate of drug-likeness (QED) is 0.810. The summed E-state index contributed by atoms with van der Waals surface area (Å²) < 4.78 is 6.12. The van der Waals surface area contributed by atoms with Gasteiger partial charge >= 0.3 is 0 Å². The van der Waals surface area contributed by atoms with Crippen LogP contribution < -0.4 is 5.32 Å². The van der Waals surface area contributed by atoms with Crippen LogP contribution in [0, 0.1) is 29.1 Å². The topological polar surface area (TPSA) is 65.3 Å². The van der Waals surface area contributed by atoms with Crippen LogP contribution in [-0.2, 0) is 11.3 Å². The molecule has 0 radical (unpaired) electrons. The second-order valence-corrected chi connectivity index (χ2v) is 6.57. The van der Waals surface area contributed by atoms with E-state index in [0.717, 1.165) is 28.2 Å². The van der Waals surface area contributed by atoms with Crippen LogP contribution in [0.3, 0.4) is 0 Å². The van der Waals surface area contributed by atoms with Crippen LogP contribution in [0.2, 0.25) is 0 Å². The Morgan fingerprint density at radius 2 is 2.16 bits per heavy atom. The predicted octanol–water partition coefficient (Wildman–Crippen LogP) is 3.29. The summed E-state index contributed by atoms with van der Waals surface area (Å²) in [5.41, 5.74) is 3.98. The first kappa shape index (κ1) is 17.3. The number of nitrogens with one attached hydrogen (secondary N) is 1. The van der Waals surface area contributed by atoms with E-state index in [0.29, 0.717) is 13.2 Å². The molecule has 2 N–H and O–H groups in total. The molecule has 2 aliphatic rings. The van der Waals surface area contributed by atoms with Crippen LogP contribution in [0.1, 0.15) is 19.4 Å². The Hall–Kier alpha value is -2.51. The van der Waals surface area contributed by atoms with Gasteiger partial charge in [-0.2, -0.15) is 5.26 Å². The van der Waals surface area contributed by atoms with E-state index in [1.165, 1.54) is 0 Å². The van der Waals surface area contributed by atoms with Gasteiger partial charge in [-0.1, -0.05) is 43.3 Å². The molecule has 25 heavy (non-hydrogen) atoms. The molecule has 4 nitrogen and oxygen atoms in total. The van der Waals surface area contributed by atoms with Crippen LogP contribution in [0.25, 0.3) is 0 Å². The molecule has 130 valence electrons. The number of nitriles is 1. The number of benzene rings is 1. The molecule has 0 saturated carbocycles. The van der Waals surface area contributed by atoms with Gasteiger partial charge in [0.1, 0.15) is 12.4 Å². The molecule has 1 heterocycles. The van der Waals surface area contributed by atoms with Gasteiger partial charge in [0.05, 0.1) is 12.7 Å². The number of aliphatic hydroxyl groups excluding tert-OH is 1. The lowest BCUT2D eigenvalue weighted by molar-refractivity contribution is 0.153. The zero-order chi connectivity index (χ0) is 17.8. The molecule has 0 spiro atoms. The van der Waals surface area contributed by atoms with E-state index in [1.54, 1.807) is 0 Å². The number of hydrogen-bond acceptors (Lipinski definition) is 4. The standard InChI is InChI=1S/C21H24N2O2/c1-3-16(10-22)20-14(2)19(25-13-15-7-5-4-6-8-15)9-18-21(20)17(12-24)11-23-18/h3-9,14,17,20,23-24H,11-13H2,1-2H3/b16-3-/t14-,17-,20?/m1/s1. The van der Waals surface area contributed by atoms with E-state index in [4.69, 9.17) is 4.74 Å². The van der Waals surface area contributed by atoms with Crippen molar-refractivity contribution in [3.8, 4) is 6.07 Å². The summed E-state index contributed by atoms with van der Waals surface area (Å²) in [6.45, 7) is 5.29. The molecular weight excluding hydrogens is 312 g/mol. The Balaban J connectivity index is 1.91. The molecular formula is C21H24N2O2. The summed E-state index contributed by atoms with van der Waals surface area (Å²) in [7, 11) is 0. The van der Waals surface area contributed by atoms with Gasteiger partial charge in [0.25, 0.3) is 0 Å². The number of aliphatic hydroxyl groups is 1. The lowest BCUT2D eigenvalue weighted by Crippen LogP contribution is -2.27. The summed E-state index contributed by atoms with van der Waals surface area (Å²) in [5, 5.41) is 22.7. The SMILES string of the molecule is C/C=C(/C#N)C1C2=C(C=C(OCc3ccccc3)[C@H]1C)NC[C@@H]2CO. The minimum absolute atomic E-state index is 0.0482. The maximum atomic E-state index is 9.73. The summed E-state index contributed by atoms with van der Waals surface area (Å²) in [6.07, 6.45) is 3.92. The van der Waals surface area contributed by atoms with Crippen molar-refractivity contribution in [1.29, 1.82) is 5.26 Å². The molecule has 0 fully saturated rings. The van der Waals surface area contributed by atoms with Gasteiger partial charge in [0, 0.05) is 35.6 Å². The van der Waals surface area contributed by atoms with Crippen molar-refractivity contribution >= 4 is 0 Å². The second kappa shape index (κ2) is 7.58. The van der Waals surface area contributed by atoms with Gasteiger partial charge in [0.15, 0.2) is 0 Å². The second-order valence-electron chi connectivity index (χ2n) is 6.57. The van der Waals surface area contributed by atoms with E-state index in [9.17, 15) is 10.4 Å². The predicted molar refractivity (Wildman–Crippen MR) is 96.9 cm³/mol. The maximum absolute atomic E-state index is 9.73. The largest absolute Gasteiger partial charge is 0.493 e.